The van der Waals surface area contributed by atoms with E-state index in [1.807, 2.05) is 44.4 Å². The number of aliphatic imine (C=N–C) groups is 1. The number of anilines is 1. The number of nitrogen functional groups attached to an aromatic ring is 1. The zero-order valence-corrected chi connectivity index (χ0v) is 21.1. The molecular weight excluding hydrogens is 474 g/mol. The maximum Gasteiger partial charge on any atom is 0.208 e. The third-order valence-corrected chi connectivity index (χ3v) is 9.23. The Kier molecular flexibility index (Phi) is 7.96. The number of thioether (sulfide) groups is 1. The molecule has 0 unspecified atom stereocenters. The molecule has 0 radical (unpaired) electrons. The van der Waals surface area contributed by atoms with Crippen LogP contribution in [0.1, 0.15) is 17.4 Å². The fraction of sp³-hybridized carbons (Fsp3) is 0.217. The lowest BCUT2D eigenvalue weighted by Crippen LogP contribution is -2.11. The number of amidine groups is 2. The summed E-state index contributed by atoms with van der Waals surface area (Å²) in [4.78, 5) is 5.17. The van der Waals surface area contributed by atoms with E-state index in [-0.39, 0.29) is 15.6 Å². The Morgan fingerprint density at radius 1 is 1.21 bits per heavy atom. The predicted molar refractivity (Wildman–Crippen MR) is 140 cm³/mol. The highest BCUT2D eigenvalue weighted by atomic mass is 32.2. The van der Waals surface area contributed by atoms with Gasteiger partial charge in [-0.3, -0.25) is 10.4 Å². The molecule has 0 aliphatic heterocycles. The molecule has 1 aromatic heterocycles. The van der Waals surface area contributed by atoms with Crippen LogP contribution in [0.3, 0.4) is 0 Å². The van der Waals surface area contributed by atoms with Crippen LogP contribution in [0.15, 0.2) is 67.5 Å². The van der Waals surface area contributed by atoms with Gasteiger partial charge in [-0.25, -0.2) is 8.42 Å². The summed E-state index contributed by atoms with van der Waals surface area (Å²) in [5.74, 6) is 0.643. The number of sulfone groups is 1. The number of hydrogen-bond donors (Lipinski definition) is 4. The standard InChI is InChI=1S/C23H27N5O2S3/c1-14-11-17(28-15(2)27-10-9-24)7-8-19(14)16-5-4-6-18(12-16)33(29,30)21-13-20(22(25)26)32-23(21)31-3/h4-8,11-13H,9-10,24H2,1-3H3,(H3,25,26)(H,27,28). The zero-order valence-electron chi connectivity index (χ0n) is 18.7. The highest BCUT2D eigenvalue weighted by molar-refractivity contribution is 8.01. The van der Waals surface area contributed by atoms with Crippen molar-refractivity contribution in [3.8, 4) is 11.1 Å². The Balaban J connectivity index is 1.97. The molecule has 0 saturated carbocycles. The minimum atomic E-state index is -3.77. The van der Waals surface area contributed by atoms with Crippen molar-refractivity contribution in [2.75, 3.05) is 24.7 Å². The van der Waals surface area contributed by atoms with Gasteiger partial charge in [-0.1, -0.05) is 18.2 Å². The zero-order chi connectivity index (χ0) is 24.2. The molecule has 33 heavy (non-hydrogen) atoms. The van der Waals surface area contributed by atoms with Gasteiger partial charge in [0.2, 0.25) is 9.84 Å². The molecule has 0 spiro atoms. The first kappa shape index (κ1) is 25.0. The van der Waals surface area contributed by atoms with Crippen molar-refractivity contribution in [3.63, 3.8) is 0 Å². The average Bonchev–Trinajstić information content (AvgIpc) is 3.24. The first-order valence-corrected chi connectivity index (χ1v) is 13.7. The summed E-state index contributed by atoms with van der Waals surface area (Å²) < 4.78 is 27.5. The largest absolute Gasteiger partial charge is 0.383 e. The summed E-state index contributed by atoms with van der Waals surface area (Å²) in [6.45, 7) is 4.93. The monoisotopic (exact) mass is 501 g/mol. The fourth-order valence-corrected chi connectivity index (χ4v) is 7.23. The quantitative estimate of drug-likeness (QED) is 0.206. The number of nitrogens with two attached hydrogens (primary N) is 2. The van der Waals surface area contributed by atoms with Gasteiger partial charge < -0.3 is 16.8 Å². The SMILES string of the molecule is CSc1sc(C(=N)N)cc1S(=O)(=O)c1cccc(-c2ccc(NC(C)=NCCN)cc2C)c1. The van der Waals surface area contributed by atoms with Crippen LogP contribution in [0.5, 0.6) is 0 Å². The van der Waals surface area contributed by atoms with E-state index in [0.29, 0.717) is 22.2 Å². The minimum absolute atomic E-state index is 0.141. The second-order valence-corrected chi connectivity index (χ2v) is 11.4. The Morgan fingerprint density at radius 2 is 1.97 bits per heavy atom. The lowest BCUT2D eigenvalue weighted by atomic mass is 10.00. The molecule has 6 N–H and O–H groups in total. The fourth-order valence-electron chi connectivity index (χ4n) is 3.32. The minimum Gasteiger partial charge on any atom is -0.383 e. The summed E-state index contributed by atoms with van der Waals surface area (Å²) in [6.07, 6.45) is 1.81. The van der Waals surface area contributed by atoms with Crippen LogP contribution < -0.4 is 16.8 Å². The topological polar surface area (TPSA) is 134 Å². The van der Waals surface area contributed by atoms with Gasteiger partial charge in [0.25, 0.3) is 0 Å². The van der Waals surface area contributed by atoms with E-state index < -0.39 is 9.84 Å². The van der Waals surface area contributed by atoms with Crippen molar-refractivity contribution in [1.29, 1.82) is 5.41 Å². The Hall–Kier alpha value is -2.66. The van der Waals surface area contributed by atoms with Crippen molar-refractivity contribution in [3.05, 3.63) is 59.0 Å². The van der Waals surface area contributed by atoms with E-state index in [1.54, 1.807) is 18.2 Å². The second kappa shape index (κ2) is 10.5. The van der Waals surface area contributed by atoms with Gasteiger partial charge in [-0.05, 0) is 67.1 Å². The Labute approximate surface area is 202 Å². The second-order valence-electron chi connectivity index (χ2n) is 7.32. The van der Waals surface area contributed by atoms with E-state index in [9.17, 15) is 8.42 Å². The molecule has 0 amide bonds. The van der Waals surface area contributed by atoms with Crippen molar-refractivity contribution in [1.82, 2.24) is 0 Å². The van der Waals surface area contributed by atoms with Crippen LogP contribution in [-0.2, 0) is 9.84 Å². The number of hydrogen-bond acceptors (Lipinski definition) is 7. The Bertz CT molecular complexity index is 1310. The summed E-state index contributed by atoms with van der Waals surface area (Å²) in [6, 6.07) is 14.3. The third-order valence-electron chi connectivity index (χ3n) is 4.89. The van der Waals surface area contributed by atoms with Gasteiger partial charge in [0.15, 0.2) is 0 Å². The van der Waals surface area contributed by atoms with Gasteiger partial charge >= 0.3 is 0 Å². The van der Waals surface area contributed by atoms with E-state index in [0.717, 1.165) is 28.2 Å². The maximum atomic E-state index is 13.4. The van der Waals surface area contributed by atoms with Gasteiger partial charge in [-0.2, -0.15) is 0 Å². The van der Waals surface area contributed by atoms with E-state index >= 15 is 0 Å². The van der Waals surface area contributed by atoms with Crippen molar-refractivity contribution < 1.29 is 8.42 Å². The smallest absolute Gasteiger partial charge is 0.208 e. The first-order valence-electron chi connectivity index (χ1n) is 10.1. The third kappa shape index (κ3) is 5.64. The lowest BCUT2D eigenvalue weighted by Gasteiger charge is -2.12. The molecule has 2 aromatic carbocycles. The van der Waals surface area contributed by atoms with E-state index in [2.05, 4.69) is 10.3 Å². The highest BCUT2D eigenvalue weighted by Crippen LogP contribution is 2.38. The van der Waals surface area contributed by atoms with Crippen LogP contribution in [0.25, 0.3) is 11.1 Å². The van der Waals surface area contributed by atoms with Gasteiger partial charge in [0, 0.05) is 12.2 Å². The molecule has 3 rings (SSSR count). The molecule has 1 heterocycles. The number of nitrogens with one attached hydrogen (secondary N) is 2. The number of benzene rings is 2. The van der Waals surface area contributed by atoms with Crippen molar-refractivity contribution in [2.45, 2.75) is 27.8 Å². The molecule has 0 bridgehead atoms. The van der Waals surface area contributed by atoms with Crippen molar-refractivity contribution >= 4 is 50.3 Å². The molecule has 10 heteroatoms. The van der Waals surface area contributed by atoms with Gasteiger partial charge in [-0.15, -0.1) is 23.1 Å². The molecule has 3 aromatic rings. The van der Waals surface area contributed by atoms with E-state index in [4.69, 9.17) is 16.9 Å². The normalized spacial score (nSPS) is 12.1. The van der Waals surface area contributed by atoms with Crippen LogP contribution in [0.4, 0.5) is 5.69 Å². The number of thiophene rings is 1. The molecule has 0 saturated heterocycles. The summed E-state index contributed by atoms with van der Waals surface area (Å²) >= 11 is 2.55. The summed E-state index contributed by atoms with van der Waals surface area (Å²) in [7, 11) is -3.77. The van der Waals surface area contributed by atoms with E-state index in [1.165, 1.54) is 29.2 Å². The lowest BCUT2D eigenvalue weighted by molar-refractivity contribution is 0.595. The molecule has 0 fully saturated rings. The van der Waals surface area contributed by atoms with Gasteiger partial charge in [0.05, 0.1) is 31.3 Å². The molecule has 0 aliphatic carbocycles. The van der Waals surface area contributed by atoms with Crippen LogP contribution >= 0.6 is 23.1 Å². The Morgan fingerprint density at radius 3 is 2.61 bits per heavy atom. The number of nitrogens with zero attached hydrogens (tertiary/aromatic N) is 1. The van der Waals surface area contributed by atoms with Crippen molar-refractivity contribution in [2.24, 2.45) is 16.5 Å². The molecule has 0 atom stereocenters. The first-order chi connectivity index (χ1) is 15.7. The molecule has 7 nitrogen and oxygen atoms in total. The highest BCUT2D eigenvalue weighted by Gasteiger charge is 2.25. The number of aryl methyl sites for hydroxylation is 1. The van der Waals surface area contributed by atoms with Crippen LogP contribution in [-0.4, -0.2) is 39.4 Å². The maximum absolute atomic E-state index is 13.4. The predicted octanol–water partition coefficient (Wildman–Crippen LogP) is 4.35. The van der Waals surface area contributed by atoms with Gasteiger partial charge in [0.1, 0.15) is 5.84 Å². The molecule has 174 valence electrons. The summed E-state index contributed by atoms with van der Waals surface area (Å²) in [5.41, 5.74) is 14.7. The number of rotatable bonds is 8. The molecule has 0 aliphatic rings. The van der Waals surface area contributed by atoms with Crippen LogP contribution in [0.2, 0.25) is 0 Å². The average molecular weight is 502 g/mol. The summed E-state index contributed by atoms with van der Waals surface area (Å²) in [5, 5.41) is 10.9. The molecular formula is C23H27N5O2S3. The van der Waals surface area contributed by atoms with Crippen LogP contribution in [0, 0.1) is 12.3 Å².